The van der Waals surface area contributed by atoms with Crippen LogP contribution in [-0.2, 0) is 0 Å². The first-order valence-corrected chi connectivity index (χ1v) is 5.00. The van der Waals surface area contributed by atoms with Gasteiger partial charge < -0.3 is 5.32 Å². The molecule has 1 saturated carbocycles. The van der Waals surface area contributed by atoms with Gasteiger partial charge in [0.15, 0.2) is 0 Å². The molecule has 2 N–H and O–H groups in total. The zero-order chi connectivity index (χ0) is 9.26. The smallest absolute Gasteiger partial charge is 0.0518 e. The van der Waals surface area contributed by atoms with Crippen molar-refractivity contribution in [2.75, 3.05) is 6.54 Å². The van der Waals surface area contributed by atoms with E-state index in [0.29, 0.717) is 6.04 Å². The van der Waals surface area contributed by atoms with Crippen molar-refractivity contribution >= 4 is 0 Å². The lowest BCUT2D eigenvalue weighted by Gasteiger charge is -2.10. The molecule has 3 heteroatoms. The Labute approximate surface area is 78.9 Å². The summed E-state index contributed by atoms with van der Waals surface area (Å²) in [6, 6.07) is 2.42. The quantitative estimate of drug-likeness (QED) is 0.738. The van der Waals surface area contributed by atoms with Crippen LogP contribution in [0.3, 0.4) is 0 Å². The highest BCUT2D eigenvalue weighted by Crippen LogP contribution is 2.37. The van der Waals surface area contributed by atoms with E-state index in [1.165, 1.54) is 12.1 Å². The molecule has 0 spiro atoms. The molecule has 1 aromatic heterocycles. The van der Waals surface area contributed by atoms with Crippen LogP contribution >= 0.6 is 0 Å². The Morgan fingerprint density at radius 2 is 2.54 bits per heavy atom. The van der Waals surface area contributed by atoms with Crippen LogP contribution in [-0.4, -0.2) is 16.7 Å². The number of aromatic nitrogens is 2. The summed E-state index contributed by atoms with van der Waals surface area (Å²) in [5, 5.41) is 10.4. The molecule has 0 amide bonds. The van der Waals surface area contributed by atoms with Crippen molar-refractivity contribution in [3.05, 3.63) is 18.0 Å². The summed E-state index contributed by atoms with van der Waals surface area (Å²) >= 11 is 0. The van der Waals surface area contributed by atoms with Crippen molar-refractivity contribution in [2.24, 2.45) is 11.8 Å². The van der Waals surface area contributed by atoms with E-state index in [2.05, 4.69) is 29.4 Å². The molecule has 72 valence electrons. The van der Waals surface area contributed by atoms with E-state index >= 15 is 0 Å². The van der Waals surface area contributed by atoms with Gasteiger partial charge in [0.25, 0.3) is 0 Å². The Balaban J connectivity index is 1.76. The molecule has 3 unspecified atom stereocenters. The molecular formula is C10H17N3. The fourth-order valence-electron chi connectivity index (χ4n) is 1.63. The lowest BCUT2D eigenvalue weighted by Crippen LogP contribution is -2.21. The van der Waals surface area contributed by atoms with Gasteiger partial charge in [0, 0.05) is 12.2 Å². The van der Waals surface area contributed by atoms with Gasteiger partial charge >= 0.3 is 0 Å². The molecule has 3 atom stereocenters. The van der Waals surface area contributed by atoms with Crippen molar-refractivity contribution < 1.29 is 0 Å². The van der Waals surface area contributed by atoms with Crippen LogP contribution in [0.15, 0.2) is 12.3 Å². The summed E-state index contributed by atoms with van der Waals surface area (Å²) in [6.45, 7) is 5.62. The maximum atomic E-state index is 3.94. The number of nitrogens with one attached hydrogen (secondary N) is 2. The average Bonchev–Trinajstić information content (AvgIpc) is 2.67. The van der Waals surface area contributed by atoms with Crippen molar-refractivity contribution in [1.82, 2.24) is 15.5 Å². The third-order valence-electron chi connectivity index (χ3n) is 2.95. The molecule has 0 aliphatic heterocycles. The van der Waals surface area contributed by atoms with E-state index in [4.69, 9.17) is 0 Å². The number of nitrogens with zero attached hydrogens (tertiary/aromatic N) is 1. The molecule has 1 aliphatic carbocycles. The van der Waals surface area contributed by atoms with Gasteiger partial charge in [0.05, 0.1) is 5.69 Å². The molecule has 0 radical (unpaired) electrons. The third-order valence-corrected chi connectivity index (χ3v) is 2.95. The lowest BCUT2D eigenvalue weighted by molar-refractivity contribution is 0.525. The molecule has 0 bridgehead atoms. The maximum Gasteiger partial charge on any atom is 0.0518 e. The van der Waals surface area contributed by atoms with Gasteiger partial charge in [-0.1, -0.05) is 6.92 Å². The fraction of sp³-hybridized carbons (Fsp3) is 0.700. The van der Waals surface area contributed by atoms with Crippen LogP contribution in [0.5, 0.6) is 0 Å². The Bertz CT molecular complexity index is 255. The monoisotopic (exact) mass is 179 g/mol. The molecule has 0 saturated heterocycles. The topological polar surface area (TPSA) is 40.7 Å². The molecule has 1 aromatic rings. The van der Waals surface area contributed by atoms with Gasteiger partial charge in [0.2, 0.25) is 0 Å². The Kier molecular flexibility index (Phi) is 2.36. The SMILES string of the molecule is CC(NCC1CC1C)c1ccn[nH]1. The van der Waals surface area contributed by atoms with Crippen molar-refractivity contribution in [3.63, 3.8) is 0 Å². The van der Waals surface area contributed by atoms with E-state index in [1.54, 1.807) is 6.20 Å². The minimum Gasteiger partial charge on any atom is -0.309 e. The highest BCUT2D eigenvalue weighted by atomic mass is 15.1. The van der Waals surface area contributed by atoms with E-state index in [9.17, 15) is 0 Å². The number of hydrogen-bond donors (Lipinski definition) is 2. The van der Waals surface area contributed by atoms with Gasteiger partial charge in [0.1, 0.15) is 0 Å². The molecule has 1 heterocycles. The molecule has 13 heavy (non-hydrogen) atoms. The van der Waals surface area contributed by atoms with E-state index in [-0.39, 0.29) is 0 Å². The number of hydrogen-bond acceptors (Lipinski definition) is 2. The average molecular weight is 179 g/mol. The summed E-state index contributed by atoms with van der Waals surface area (Å²) in [5.41, 5.74) is 1.17. The number of H-pyrrole nitrogens is 1. The highest BCUT2D eigenvalue weighted by molar-refractivity contribution is 5.03. The number of rotatable bonds is 4. The van der Waals surface area contributed by atoms with Crippen LogP contribution in [0.1, 0.15) is 32.0 Å². The van der Waals surface area contributed by atoms with Crippen molar-refractivity contribution in [2.45, 2.75) is 26.3 Å². The zero-order valence-electron chi connectivity index (χ0n) is 8.25. The third kappa shape index (κ3) is 2.10. The van der Waals surface area contributed by atoms with E-state index < -0.39 is 0 Å². The maximum absolute atomic E-state index is 3.94. The van der Waals surface area contributed by atoms with E-state index in [0.717, 1.165) is 18.4 Å². The second-order valence-electron chi connectivity index (χ2n) is 4.11. The van der Waals surface area contributed by atoms with Crippen LogP contribution < -0.4 is 5.32 Å². The van der Waals surface area contributed by atoms with Crippen LogP contribution in [0, 0.1) is 11.8 Å². The van der Waals surface area contributed by atoms with Gasteiger partial charge in [-0.2, -0.15) is 5.10 Å². The largest absolute Gasteiger partial charge is 0.309 e. The predicted octanol–water partition coefficient (Wildman–Crippen LogP) is 1.72. The molecule has 1 aliphatic rings. The first-order chi connectivity index (χ1) is 6.27. The minimum absolute atomic E-state index is 0.398. The summed E-state index contributed by atoms with van der Waals surface area (Å²) in [4.78, 5) is 0. The fourth-order valence-corrected chi connectivity index (χ4v) is 1.63. The highest BCUT2D eigenvalue weighted by Gasteiger charge is 2.32. The first kappa shape index (κ1) is 8.75. The summed E-state index contributed by atoms with van der Waals surface area (Å²) in [7, 11) is 0. The van der Waals surface area contributed by atoms with Crippen molar-refractivity contribution in [1.29, 1.82) is 0 Å². The minimum atomic E-state index is 0.398. The van der Waals surface area contributed by atoms with Gasteiger partial charge in [-0.05, 0) is 37.8 Å². The van der Waals surface area contributed by atoms with E-state index in [1.807, 2.05) is 6.07 Å². The van der Waals surface area contributed by atoms with Crippen molar-refractivity contribution in [3.8, 4) is 0 Å². The molecule has 3 nitrogen and oxygen atoms in total. The van der Waals surface area contributed by atoms with Crippen LogP contribution in [0.2, 0.25) is 0 Å². The Morgan fingerprint density at radius 1 is 1.77 bits per heavy atom. The normalized spacial score (nSPS) is 28.8. The molecule has 1 fully saturated rings. The van der Waals surface area contributed by atoms with Crippen LogP contribution in [0.4, 0.5) is 0 Å². The second kappa shape index (κ2) is 3.50. The van der Waals surface area contributed by atoms with Crippen LogP contribution in [0.25, 0.3) is 0 Å². The standard InChI is InChI=1S/C10H17N3/c1-7-5-9(7)6-11-8(2)10-3-4-12-13-10/h3-4,7-9,11H,5-6H2,1-2H3,(H,12,13). The molecule has 2 rings (SSSR count). The second-order valence-corrected chi connectivity index (χ2v) is 4.11. The zero-order valence-corrected chi connectivity index (χ0v) is 8.25. The molecule has 0 aromatic carbocycles. The Morgan fingerprint density at radius 3 is 3.08 bits per heavy atom. The summed E-state index contributed by atoms with van der Waals surface area (Å²) in [5.74, 6) is 1.84. The number of aromatic amines is 1. The predicted molar refractivity (Wildman–Crippen MR) is 52.3 cm³/mol. The molecular weight excluding hydrogens is 162 g/mol. The summed E-state index contributed by atoms with van der Waals surface area (Å²) in [6.07, 6.45) is 3.19. The van der Waals surface area contributed by atoms with Gasteiger partial charge in [-0.15, -0.1) is 0 Å². The van der Waals surface area contributed by atoms with Gasteiger partial charge in [-0.25, -0.2) is 0 Å². The van der Waals surface area contributed by atoms with Gasteiger partial charge in [-0.3, -0.25) is 5.10 Å². The Hall–Kier alpha value is -0.830. The first-order valence-electron chi connectivity index (χ1n) is 5.00. The lowest BCUT2D eigenvalue weighted by atomic mass is 10.2. The summed E-state index contributed by atoms with van der Waals surface area (Å²) < 4.78 is 0.